The summed E-state index contributed by atoms with van der Waals surface area (Å²) in [6.45, 7) is 6.76. The highest BCUT2D eigenvalue weighted by molar-refractivity contribution is 7.99. The molecule has 6 heteroatoms. The van der Waals surface area contributed by atoms with Crippen LogP contribution in [0, 0.1) is 6.92 Å². The lowest BCUT2D eigenvalue weighted by Crippen LogP contribution is -2.06. The van der Waals surface area contributed by atoms with Crippen LogP contribution in [0.4, 0.5) is 0 Å². The number of aromatic nitrogens is 3. The molecule has 0 amide bonds. The summed E-state index contributed by atoms with van der Waals surface area (Å²) < 4.78 is 7.34. The number of benzene rings is 1. The number of hydrogen-bond donors (Lipinski definition) is 1. The monoisotopic (exact) mass is 385 g/mol. The molecule has 1 N–H and O–H groups in total. The molecule has 0 unspecified atom stereocenters. The third-order valence-corrected chi connectivity index (χ3v) is 4.85. The first-order valence-electron chi connectivity index (χ1n) is 9.00. The maximum atomic E-state index is 9.66. The van der Waals surface area contributed by atoms with Crippen molar-refractivity contribution in [3.8, 4) is 5.75 Å². The molecule has 0 fully saturated rings. The number of aliphatic hydroxyl groups is 1. The summed E-state index contributed by atoms with van der Waals surface area (Å²) in [5.41, 5.74) is 2.02. The average molecular weight is 386 g/mol. The first-order valence-corrected chi connectivity index (χ1v) is 9.82. The fourth-order valence-corrected chi connectivity index (χ4v) is 3.49. The second kappa shape index (κ2) is 10.7. The predicted octanol–water partition coefficient (Wildman–Crippen LogP) is 4.70. The van der Waals surface area contributed by atoms with E-state index in [1.165, 1.54) is 6.42 Å². The molecule has 3 rings (SSSR count). The van der Waals surface area contributed by atoms with Crippen LogP contribution in [-0.2, 0) is 13.2 Å². The van der Waals surface area contributed by atoms with Crippen molar-refractivity contribution in [1.29, 1.82) is 0 Å². The summed E-state index contributed by atoms with van der Waals surface area (Å²) in [6, 6.07) is 11.9. The third-order valence-electron chi connectivity index (χ3n) is 3.65. The predicted molar refractivity (Wildman–Crippen MR) is 109 cm³/mol. The molecule has 144 valence electrons. The van der Waals surface area contributed by atoms with E-state index in [4.69, 9.17) is 4.74 Å². The van der Waals surface area contributed by atoms with Crippen molar-refractivity contribution in [1.82, 2.24) is 14.5 Å². The van der Waals surface area contributed by atoms with E-state index in [1.807, 2.05) is 43.3 Å². The fraction of sp³-hybridized carbons (Fsp3) is 0.333. The van der Waals surface area contributed by atoms with Crippen LogP contribution in [0.1, 0.15) is 37.4 Å². The van der Waals surface area contributed by atoms with Gasteiger partial charge in [0.05, 0.1) is 19.3 Å². The first-order chi connectivity index (χ1) is 13.1. The number of aryl methyl sites for hydroxylation is 1. The smallest absolute Gasteiger partial charge is 0.136 e. The molecule has 2 heterocycles. The van der Waals surface area contributed by atoms with Gasteiger partial charge < -0.3 is 14.4 Å². The largest absolute Gasteiger partial charge is 0.497 e. The second-order valence-corrected chi connectivity index (χ2v) is 7.07. The zero-order valence-corrected chi connectivity index (χ0v) is 17.2. The molecule has 0 saturated carbocycles. The Labute approximate surface area is 165 Å². The number of rotatable bonds is 6. The van der Waals surface area contributed by atoms with Crippen molar-refractivity contribution < 1.29 is 9.84 Å². The van der Waals surface area contributed by atoms with Gasteiger partial charge in [-0.1, -0.05) is 38.1 Å². The molecule has 27 heavy (non-hydrogen) atoms. The van der Waals surface area contributed by atoms with Crippen molar-refractivity contribution in [2.45, 2.75) is 50.3 Å². The van der Waals surface area contributed by atoms with Gasteiger partial charge in [-0.25, -0.2) is 4.98 Å². The molecule has 0 atom stereocenters. The molecular weight excluding hydrogens is 358 g/mol. The highest BCUT2D eigenvalue weighted by Gasteiger charge is 2.15. The van der Waals surface area contributed by atoms with Crippen LogP contribution in [0.15, 0.2) is 58.7 Å². The van der Waals surface area contributed by atoms with Gasteiger partial charge in [-0.2, -0.15) is 0 Å². The van der Waals surface area contributed by atoms with Crippen LogP contribution in [0.2, 0.25) is 0 Å². The first kappa shape index (κ1) is 21.0. The van der Waals surface area contributed by atoms with Crippen LogP contribution in [0.5, 0.6) is 5.75 Å². The molecule has 0 spiro atoms. The summed E-state index contributed by atoms with van der Waals surface area (Å²) in [6.07, 6.45) is 4.79. The molecule has 2 aromatic heterocycles. The van der Waals surface area contributed by atoms with Crippen LogP contribution in [0.25, 0.3) is 0 Å². The Morgan fingerprint density at radius 3 is 2.48 bits per heavy atom. The van der Waals surface area contributed by atoms with Crippen molar-refractivity contribution in [3.63, 3.8) is 0 Å². The SMILES string of the molecule is CCC.COc1cccc(Sc2c(C)nc(CO)n2Cc2ccncc2)c1. The van der Waals surface area contributed by atoms with E-state index in [1.54, 1.807) is 31.3 Å². The Bertz CT molecular complexity index is 835. The van der Waals surface area contributed by atoms with E-state index in [-0.39, 0.29) is 6.61 Å². The molecule has 0 aliphatic heterocycles. The Kier molecular flexibility index (Phi) is 8.36. The van der Waals surface area contributed by atoms with E-state index in [9.17, 15) is 5.11 Å². The van der Waals surface area contributed by atoms with E-state index < -0.39 is 0 Å². The maximum Gasteiger partial charge on any atom is 0.136 e. The lowest BCUT2D eigenvalue weighted by atomic mass is 10.2. The lowest BCUT2D eigenvalue weighted by Gasteiger charge is -2.12. The molecule has 5 nitrogen and oxygen atoms in total. The Balaban J connectivity index is 0.000000817. The number of methoxy groups -OCH3 is 1. The van der Waals surface area contributed by atoms with E-state index in [0.29, 0.717) is 12.4 Å². The summed E-state index contributed by atoms with van der Waals surface area (Å²) in [5.74, 6) is 1.48. The molecule has 0 aliphatic carbocycles. The van der Waals surface area contributed by atoms with Gasteiger partial charge in [0.25, 0.3) is 0 Å². The lowest BCUT2D eigenvalue weighted by molar-refractivity contribution is 0.265. The highest BCUT2D eigenvalue weighted by Crippen LogP contribution is 2.33. The van der Waals surface area contributed by atoms with Crippen molar-refractivity contribution >= 4 is 11.8 Å². The Morgan fingerprint density at radius 1 is 1.15 bits per heavy atom. The fourth-order valence-electron chi connectivity index (χ4n) is 2.47. The van der Waals surface area contributed by atoms with Crippen LogP contribution < -0.4 is 4.74 Å². The van der Waals surface area contributed by atoms with Crippen LogP contribution in [0.3, 0.4) is 0 Å². The van der Waals surface area contributed by atoms with Crippen molar-refractivity contribution in [2.75, 3.05) is 7.11 Å². The number of imidazole rings is 1. The average Bonchev–Trinajstić information content (AvgIpc) is 2.98. The number of ether oxygens (including phenoxy) is 1. The highest BCUT2D eigenvalue weighted by atomic mass is 32.2. The molecule has 0 bridgehead atoms. The number of nitrogens with zero attached hydrogens (tertiary/aromatic N) is 3. The normalized spacial score (nSPS) is 10.3. The van der Waals surface area contributed by atoms with E-state index in [2.05, 4.69) is 28.4 Å². The van der Waals surface area contributed by atoms with Gasteiger partial charge in [-0.05, 0) is 42.8 Å². The van der Waals surface area contributed by atoms with Gasteiger partial charge in [0.2, 0.25) is 0 Å². The van der Waals surface area contributed by atoms with Crippen LogP contribution >= 0.6 is 11.8 Å². The van der Waals surface area contributed by atoms with Gasteiger partial charge in [0.15, 0.2) is 0 Å². The third kappa shape index (κ3) is 5.84. The second-order valence-electron chi connectivity index (χ2n) is 6.01. The molecule has 0 radical (unpaired) electrons. The van der Waals surface area contributed by atoms with Gasteiger partial charge in [-0.3, -0.25) is 4.98 Å². The summed E-state index contributed by atoms with van der Waals surface area (Å²) in [7, 11) is 1.66. The summed E-state index contributed by atoms with van der Waals surface area (Å²) in [4.78, 5) is 9.63. The van der Waals surface area contributed by atoms with Gasteiger partial charge in [0, 0.05) is 17.3 Å². The Hall–Kier alpha value is -2.31. The van der Waals surface area contributed by atoms with E-state index in [0.717, 1.165) is 26.9 Å². The zero-order chi connectivity index (χ0) is 19.6. The molecule has 1 aromatic carbocycles. The maximum absolute atomic E-state index is 9.66. The minimum Gasteiger partial charge on any atom is -0.497 e. The molecule has 3 aromatic rings. The quantitative estimate of drug-likeness (QED) is 0.666. The number of aliphatic hydroxyl groups excluding tert-OH is 1. The van der Waals surface area contributed by atoms with Crippen LogP contribution in [-0.4, -0.2) is 26.8 Å². The number of hydrogen-bond acceptors (Lipinski definition) is 5. The van der Waals surface area contributed by atoms with Gasteiger partial charge >= 0.3 is 0 Å². The standard InChI is InChI=1S/C18H19N3O2S.C3H8/c1-13-18(24-16-5-3-4-15(10-16)23-2)21(17(12-22)20-13)11-14-6-8-19-9-7-14;1-3-2/h3-10,22H,11-12H2,1-2H3;3H2,1-2H3. The number of pyridine rings is 1. The van der Waals surface area contributed by atoms with Gasteiger partial charge in [0.1, 0.15) is 23.2 Å². The minimum atomic E-state index is -0.0927. The van der Waals surface area contributed by atoms with Crippen molar-refractivity contribution in [2.24, 2.45) is 0 Å². The minimum absolute atomic E-state index is 0.0927. The van der Waals surface area contributed by atoms with Crippen molar-refractivity contribution in [3.05, 3.63) is 65.9 Å². The topological polar surface area (TPSA) is 60.2 Å². The van der Waals surface area contributed by atoms with E-state index >= 15 is 0 Å². The summed E-state index contributed by atoms with van der Waals surface area (Å²) >= 11 is 1.62. The molecule has 0 saturated heterocycles. The summed E-state index contributed by atoms with van der Waals surface area (Å²) in [5, 5.41) is 10.7. The molecular formula is C21H27N3O2S. The zero-order valence-electron chi connectivity index (χ0n) is 16.3. The Morgan fingerprint density at radius 2 is 1.85 bits per heavy atom. The van der Waals surface area contributed by atoms with Gasteiger partial charge in [-0.15, -0.1) is 0 Å². The molecule has 0 aliphatic rings.